The summed E-state index contributed by atoms with van der Waals surface area (Å²) in [7, 11) is 0. The second-order valence-electron chi connectivity index (χ2n) is 6.18. The molecular formula is C18H22N4O2. The number of H-pyrrole nitrogens is 1. The van der Waals surface area contributed by atoms with E-state index in [0.717, 1.165) is 27.9 Å². The topological polar surface area (TPSA) is 78.1 Å². The normalized spacial score (nSPS) is 13.5. The summed E-state index contributed by atoms with van der Waals surface area (Å²) in [6.07, 6.45) is 0.679. The Morgan fingerprint density at radius 2 is 2.12 bits per heavy atom. The highest BCUT2D eigenvalue weighted by Crippen LogP contribution is 2.23. The van der Waals surface area contributed by atoms with Gasteiger partial charge in [-0.2, -0.15) is 5.10 Å². The Kier molecular flexibility index (Phi) is 4.38. The van der Waals surface area contributed by atoms with Crippen LogP contribution in [-0.4, -0.2) is 40.0 Å². The molecule has 1 aliphatic heterocycles. The molecule has 0 spiro atoms. The Balaban J connectivity index is 1.86. The number of carbonyl (C=O) groups is 2. The van der Waals surface area contributed by atoms with Crippen molar-refractivity contribution >= 4 is 11.8 Å². The summed E-state index contributed by atoms with van der Waals surface area (Å²) in [6.45, 7) is 7.37. The minimum Gasteiger partial charge on any atom is -0.351 e. The van der Waals surface area contributed by atoms with Gasteiger partial charge in [-0.15, -0.1) is 0 Å². The zero-order valence-corrected chi connectivity index (χ0v) is 14.3. The predicted octanol–water partition coefficient (Wildman–Crippen LogP) is 1.97. The maximum absolute atomic E-state index is 12.9. The number of amides is 2. The van der Waals surface area contributed by atoms with E-state index in [0.29, 0.717) is 31.7 Å². The SMILES string of the molecule is CCNC(=O)c1n[nH]c2c1CN(C(=O)c1cc(C)ccc1C)CC2. The van der Waals surface area contributed by atoms with Gasteiger partial charge in [0.05, 0.1) is 6.54 Å². The monoisotopic (exact) mass is 326 g/mol. The number of rotatable bonds is 3. The van der Waals surface area contributed by atoms with Gasteiger partial charge in [0.15, 0.2) is 5.69 Å². The average Bonchev–Trinajstić information content (AvgIpc) is 2.99. The Labute approximate surface area is 141 Å². The van der Waals surface area contributed by atoms with Gasteiger partial charge in [0, 0.05) is 36.3 Å². The number of aromatic amines is 1. The summed E-state index contributed by atoms with van der Waals surface area (Å²) in [5.74, 6) is -0.194. The Bertz CT molecular complexity index is 794. The van der Waals surface area contributed by atoms with Crippen molar-refractivity contribution in [2.75, 3.05) is 13.1 Å². The van der Waals surface area contributed by atoms with E-state index in [1.807, 2.05) is 39.0 Å². The number of fused-ring (bicyclic) bond motifs is 1. The highest BCUT2D eigenvalue weighted by molar-refractivity contribution is 5.97. The van der Waals surface area contributed by atoms with Crippen LogP contribution in [0.15, 0.2) is 18.2 Å². The van der Waals surface area contributed by atoms with Crippen LogP contribution in [0.2, 0.25) is 0 Å². The molecule has 1 aromatic heterocycles. The van der Waals surface area contributed by atoms with Gasteiger partial charge in [-0.25, -0.2) is 0 Å². The summed E-state index contributed by atoms with van der Waals surface area (Å²) >= 11 is 0. The molecule has 6 nitrogen and oxygen atoms in total. The lowest BCUT2D eigenvalue weighted by molar-refractivity contribution is 0.0730. The lowest BCUT2D eigenvalue weighted by Crippen LogP contribution is -2.37. The summed E-state index contributed by atoms with van der Waals surface area (Å²) in [5, 5.41) is 9.84. The molecule has 0 saturated carbocycles. The number of hydrogen-bond acceptors (Lipinski definition) is 3. The maximum Gasteiger partial charge on any atom is 0.272 e. The molecule has 2 heterocycles. The Morgan fingerprint density at radius 1 is 1.33 bits per heavy atom. The Morgan fingerprint density at radius 3 is 2.88 bits per heavy atom. The molecule has 1 aliphatic rings. The highest BCUT2D eigenvalue weighted by Gasteiger charge is 2.28. The van der Waals surface area contributed by atoms with Crippen LogP contribution in [0.25, 0.3) is 0 Å². The third-order valence-corrected chi connectivity index (χ3v) is 4.40. The quantitative estimate of drug-likeness (QED) is 0.905. The van der Waals surface area contributed by atoms with Crippen molar-refractivity contribution < 1.29 is 9.59 Å². The fraction of sp³-hybridized carbons (Fsp3) is 0.389. The van der Waals surface area contributed by atoms with Crippen LogP contribution in [-0.2, 0) is 13.0 Å². The van der Waals surface area contributed by atoms with Crippen LogP contribution in [0.4, 0.5) is 0 Å². The number of nitrogens with one attached hydrogen (secondary N) is 2. The molecule has 2 N–H and O–H groups in total. The molecule has 0 atom stereocenters. The second-order valence-corrected chi connectivity index (χ2v) is 6.18. The van der Waals surface area contributed by atoms with Gasteiger partial charge in [-0.3, -0.25) is 14.7 Å². The molecule has 0 radical (unpaired) electrons. The van der Waals surface area contributed by atoms with Crippen LogP contribution >= 0.6 is 0 Å². The number of carbonyl (C=O) groups excluding carboxylic acids is 2. The maximum atomic E-state index is 12.9. The van der Waals surface area contributed by atoms with Crippen LogP contribution in [0.1, 0.15) is 50.2 Å². The van der Waals surface area contributed by atoms with Gasteiger partial charge >= 0.3 is 0 Å². The van der Waals surface area contributed by atoms with E-state index in [-0.39, 0.29) is 11.8 Å². The Hall–Kier alpha value is -2.63. The summed E-state index contributed by atoms with van der Waals surface area (Å²) in [4.78, 5) is 26.8. The first-order valence-electron chi connectivity index (χ1n) is 8.22. The predicted molar refractivity (Wildman–Crippen MR) is 91.0 cm³/mol. The molecule has 0 bridgehead atoms. The van der Waals surface area contributed by atoms with Crippen molar-refractivity contribution in [3.05, 3.63) is 51.8 Å². The average molecular weight is 326 g/mol. The molecular weight excluding hydrogens is 304 g/mol. The van der Waals surface area contributed by atoms with Crippen molar-refractivity contribution in [3.8, 4) is 0 Å². The summed E-state index contributed by atoms with van der Waals surface area (Å²) in [6, 6.07) is 5.90. The third kappa shape index (κ3) is 2.91. The lowest BCUT2D eigenvalue weighted by Gasteiger charge is -2.27. The number of aryl methyl sites for hydroxylation is 2. The van der Waals surface area contributed by atoms with Crippen LogP contribution in [0, 0.1) is 13.8 Å². The van der Waals surface area contributed by atoms with E-state index >= 15 is 0 Å². The number of nitrogens with zero attached hydrogens (tertiary/aromatic N) is 2. The highest BCUT2D eigenvalue weighted by atomic mass is 16.2. The minimum atomic E-state index is -0.198. The zero-order chi connectivity index (χ0) is 17.3. The lowest BCUT2D eigenvalue weighted by atomic mass is 10.0. The molecule has 24 heavy (non-hydrogen) atoms. The molecule has 2 amide bonds. The second kappa shape index (κ2) is 6.47. The largest absolute Gasteiger partial charge is 0.351 e. The van der Waals surface area contributed by atoms with Gasteiger partial charge in [0.25, 0.3) is 11.8 Å². The van der Waals surface area contributed by atoms with Gasteiger partial charge in [0.2, 0.25) is 0 Å². The van der Waals surface area contributed by atoms with Crippen molar-refractivity contribution in [2.45, 2.75) is 33.7 Å². The van der Waals surface area contributed by atoms with Gasteiger partial charge in [-0.05, 0) is 32.4 Å². The van der Waals surface area contributed by atoms with Gasteiger partial charge in [0.1, 0.15) is 0 Å². The van der Waals surface area contributed by atoms with Crippen molar-refractivity contribution in [1.29, 1.82) is 0 Å². The molecule has 6 heteroatoms. The zero-order valence-electron chi connectivity index (χ0n) is 14.3. The first kappa shape index (κ1) is 16.2. The molecule has 0 unspecified atom stereocenters. The van der Waals surface area contributed by atoms with Crippen LogP contribution in [0.3, 0.4) is 0 Å². The van der Waals surface area contributed by atoms with E-state index in [1.165, 1.54) is 0 Å². The molecule has 0 aliphatic carbocycles. The molecule has 2 aromatic rings. The van der Waals surface area contributed by atoms with Crippen molar-refractivity contribution in [1.82, 2.24) is 20.4 Å². The van der Waals surface area contributed by atoms with Crippen molar-refractivity contribution in [2.24, 2.45) is 0 Å². The van der Waals surface area contributed by atoms with E-state index in [1.54, 1.807) is 4.90 Å². The standard InChI is InChI=1S/C18H22N4O2/c1-4-19-17(23)16-14-10-22(8-7-15(14)20-21-16)18(24)13-9-11(2)5-6-12(13)3/h5-6,9H,4,7-8,10H2,1-3H3,(H,19,23)(H,20,21). The van der Waals surface area contributed by atoms with Gasteiger partial charge < -0.3 is 10.2 Å². The van der Waals surface area contributed by atoms with Crippen LogP contribution in [0.5, 0.6) is 0 Å². The van der Waals surface area contributed by atoms with E-state index in [2.05, 4.69) is 15.5 Å². The van der Waals surface area contributed by atoms with E-state index < -0.39 is 0 Å². The number of aromatic nitrogens is 2. The molecule has 126 valence electrons. The molecule has 1 aromatic carbocycles. The molecule has 0 saturated heterocycles. The molecule has 0 fully saturated rings. The van der Waals surface area contributed by atoms with Crippen molar-refractivity contribution in [3.63, 3.8) is 0 Å². The van der Waals surface area contributed by atoms with Gasteiger partial charge in [-0.1, -0.05) is 17.7 Å². The van der Waals surface area contributed by atoms with Crippen LogP contribution < -0.4 is 5.32 Å². The molecule has 3 rings (SSSR count). The first-order chi connectivity index (χ1) is 11.5. The summed E-state index contributed by atoms with van der Waals surface area (Å²) < 4.78 is 0. The number of hydrogen-bond donors (Lipinski definition) is 2. The fourth-order valence-electron chi connectivity index (χ4n) is 3.04. The van der Waals surface area contributed by atoms with E-state index in [4.69, 9.17) is 0 Å². The number of benzene rings is 1. The fourth-order valence-corrected chi connectivity index (χ4v) is 3.04. The van der Waals surface area contributed by atoms with E-state index in [9.17, 15) is 9.59 Å². The first-order valence-corrected chi connectivity index (χ1v) is 8.22. The summed E-state index contributed by atoms with van der Waals surface area (Å²) in [5.41, 5.74) is 4.92. The third-order valence-electron chi connectivity index (χ3n) is 4.40. The smallest absolute Gasteiger partial charge is 0.272 e. The minimum absolute atomic E-state index is 0.00454.